The first kappa shape index (κ1) is 14.2. The van der Waals surface area contributed by atoms with Crippen molar-refractivity contribution in [3.05, 3.63) is 24.3 Å². The lowest BCUT2D eigenvalue weighted by Crippen LogP contribution is -2.19. The standard InChI is InChI=1S/C17H27NO/c1-14(2)13-19-17-12-8-7-11-16(17)18-15-9-5-3-4-6-10-15/h7-8,11-12,14-15,18H,3-6,9-10,13H2,1-2H3. The van der Waals surface area contributed by atoms with Crippen LogP contribution in [-0.2, 0) is 0 Å². The molecule has 0 amide bonds. The number of hydrogen-bond acceptors (Lipinski definition) is 2. The summed E-state index contributed by atoms with van der Waals surface area (Å²) in [7, 11) is 0. The Morgan fingerprint density at radius 3 is 2.47 bits per heavy atom. The Morgan fingerprint density at radius 2 is 1.79 bits per heavy atom. The largest absolute Gasteiger partial charge is 0.491 e. The van der Waals surface area contributed by atoms with Gasteiger partial charge in [-0.05, 0) is 30.9 Å². The van der Waals surface area contributed by atoms with Crippen LogP contribution in [-0.4, -0.2) is 12.6 Å². The third-order valence-corrected chi connectivity index (χ3v) is 3.67. The lowest BCUT2D eigenvalue weighted by Gasteiger charge is -2.20. The fourth-order valence-electron chi connectivity index (χ4n) is 2.61. The second kappa shape index (κ2) is 7.42. The summed E-state index contributed by atoms with van der Waals surface area (Å²) in [6.45, 7) is 5.14. The third-order valence-electron chi connectivity index (χ3n) is 3.67. The van der Waals surface area contributed by atoms with Gasteiger partial charge in [0.1, 0.15) is 5.75 Å². The van der Waals surface area contributed by atoms with Gasteiger partial charge in [-0.2, -0.15) is 0 Å². The van der Waals surface area contributed by atoms with Crippen molar-refractivity contribution < 1.29 is 4.74 Å². The molecule has 0 spiro atoms. The van der Waals surface area contributed by atoms with Crippen LogP contribution in [0.25, 0.3) is 0 Å². The molecule has 0 aliphatic heterocycles. The molecule has 1 aromatic rings. The fourth-order valence-corrected chi connectivity index (χ4v) is 2.61. The van der Waals surface area contributed by atoms with E-state index >= 15 is 0 Å². The maximum Gasteiger partial charge on any atom is 0.142 e. The average molecular weight is 261 g/mol. The summed E-state index contributed by atoms with van der Waals surface area (Å²) < 4.78 is 5.91. The summed E-state index contributed by atoms with van der Waals surface area (Å²) in [6.07, 6.45) is 8.07. The molecule has 0 heterocycles. The molecule has 0 unspecified atom stereocenters. The number of nitrogens with one attached hydrogen (secondary N) is 1. The van der Waals surface area contributed by atoms with Gasteiger partial charge >= 0.3 is 0 Å². The van der Waals surface area contributed by atoms with E-state index in [9.17, 15) is 0 Å². The van der Waals surface area contributed by atoms with Gasteiger partial charge in [0.05, 0.1) is 12.3 Å². The molecule has 0 aromatic heterocycles. The molecule has 1 aromatic carbocycles. The van der Waals surface area contributed by atoms with Gasteiger partial charge in [0.2, 0.25) is 0 Å². The Hall–Kier alpha value is -1.18. The fraction of sp³-hybridized carbons (Fsp3) is 0.647. The van der Waals surface area contributed by atoms with Crippen LogP contribution in [0.4, 0.5) is 5.69 Å². The summed E-state index contributed by atoms with van der Waals surface area (Å²) >= 11 is 0. The molecule has 1 saturated carbocycles. The van der Waals surface area contributed by atoms with Crippen LogP contribution in [0.5, 0.6) is 5.75 Å². The number of ether oxygens (including phenoxy) is 1. The zero-order valence-electron chi connectivity index (χ0n) is 12.3. The normalized spacial score (nSPS) is 17.2. The summed E-state index contributed by atoms with van der Waals surface area (Å²) in [5.41, 5.74) is 1.16. The van der Waals surface area contributed by atoms with Crippen LogP contribution in [0.2, 0.25) is 0 Å². The molecule has 2 rings (SSSR count). The van der Waals surface area contributed by atoms with Gasteiger partial charge in [0, 0.05) is 6.04 Å². The molecule has 0 radical (unpaired) electrons. The van der Waals surface area contributed by atoms with Crippen molar-refractivity contribution in [2.45, 2.75) is 58.4 Å². The topological polar surface area (TPSA) is 21.3 Å². The summed E-state index contributed by atoms with van der Waals surface area (Å²) in [5, 5.41) is 3.69. The van der Waals surface area contributed by atoms with E-state index in [1.165, 1.54) is 38.5 Å². The average Bonchev–Trinajstić information content (AvgIpc) is 2.66. The zero-order chi connectivity index (χ0) is 13.5. The predicted octanol–water partition coefficient (Wildman–Crippen LogP) is 4.86. The second-order valence-electron chi connectivity index (χ2n) is 6.03. The number of para-hydroxylation sites is 2. The minimum Gasteiger partial charge on any atom is -0.491 e. The molecule has 0 bridgehead atoms. The molecule has 1 fully saturated rings. The van der Waals surface area contributed by atoms with E-state index in [4.69, 9.17) is 4.74 Å². The molecule has 1 aliphatic carbocycles. The van der Waals surface area contributed by atoms with Crippen molar-refractivity contribution >= 4 is 5.69 Å². The Morgan fingerprint density at radius 1 is 1.11 bits per heavy atom. The maximum atomic E-state index is 5.91. The van der Waals surface area contributed by atoms with E-state index in [0.29, 0.717) is 12.0 Å². The molecule has 106 valence electrons. The van der Waals surface area contributed by atoms with Crippen molar-refractivity contribution in [3.63, 3.8) is 0 Å². The first-order valence-electron chi connectivity index (χ1n) is 7.74. The van der Waals surface area contributed by atoms with Crippen molar-refractivity contribution in [3.8, 4) is 5.75 Å². The SMILES string of the molecule is CC(C)COc1ccccc1NC1CCCCCC1. The summed E-state index contributed by atoms with van der Waals surface area (Å²) in [4.78, 5) is 0. The monoisotopic (exact) mass is 261 g/mol. The van der Waals surface area contributed by atoms with E-state index in [1.807, 2.05) is 6.07 Å². The van der Waals surface area contributed by atoms with Gasteiger partial charge in [0.25, 0.3) is 0 Å². The highest BCUT2D eigenvalue weighted by atomic mass is 16.5. The Kier molecular flexibility index (Phi) is 5.56. The van der Waals surface area contributed by atoms with Crippen molar-refractivity contribution in [1.82, 2.24) is 0 Å². The number of rotatable bonds is 5. The van der Waals surface area contributed by atoms with E-state index in [1.54, 1.807) is 0 Å². The molecular formula is C17H27NO. The third kappa shape index (κ3) is 4.77. The van der Waals surface area contributed by atoms with Gasteiger partial charge in [-0.1, -0.05) is 51.7 Å². The lowest BCUT2D eigenvalue weighted by atomic mass is 10.1. The van der Waals surface area contributed by atoms with Crippen LogP contribution in [0.1, 0.15) is 52.4 Å². The maximum absolute atomic E-state index is 5.91. The Labute approximate surface area is 117 Å². The molecule has 0 atom stereocenters. The zero-order valence-corrected chi connectivity index (χ0v) is 12.3. The number of benzene rings is 1. The van der Waals surface area contributed by atoms with Gasteiger partial charge < -0.3 is 10.1 Å². The van der Waals surface area contributed by atoms with Crippen LogP contribution in [0, 0.1) is 5.92 Å². The smallest absolute Gasteiger partial charge is 0.142 e. The minimum atomic E-state index is 0.561. The van der Waals surface area contributed by atoms with Crippen molar-refractivity contribution in [2.24, 2.45) is 5.92 Å². The molecule has 1 aliphatic rings. The van der Waals surface area contributed by atoms with Crippen molar-refractivity contribution in [1.29, 1.82) is 0 Å². The highest BCUT2D eigenvalue weighted by Gasteiger charge is 2.13. The van der Waals surface area contributed by atoms with Crippen LogP contribution in [0.15, 0.2) is 24.3 Å². The summed E-state index contributed by atoms with van der Waals surface area (Å²) in [5.74, 6) is 1.56. The predicted molar refractivity (Wildman–Crippen MR) is 81.9 cm³/mol. The van der Waals surface area contributed by atoms with Crippen LogP contribution < -0.4 is 10.1 Å². The lowest BCUT2D eigenvalue weighted by molar-refractivity contribution is 0.272. The van der Waals surface area contributed by atoms with E-state index in [-0.39, 0.29) is 0 Å². The van der Waals surface area contributed by atoms with Gasteiger partial charge in [-0.3, -0.25) is 0 Å². The highest BCUT2D eigenvalue weighted by molar-refractivity contribution is 5.56. The molecule has 0 saturated heterocycles. The Balaban J connectivity index is 1.97. The van der Waals surface area contributed by atoms with Gasteiger partial charge in [0.15, 0.2) is 0 Å². The molecule has 19 heavy (non-hydrogen) atoms. The number of anilines is 1. The highest BCUT2D eigenvalue weighted by Crippen LogP contribution is 2.28. The first-order chi connectivity index (χ1) is 9.25. The van der Waals surface area contributed by atoms with Crippen molar-refractivity contribution in [2.75, 3.05) is 11.9 Å². The molecule has 2 heteroatoms. The van der Waals surface area contributed by atoms with Gasteiger partial charge in [-0.15, -0.1) is 0 Å². The van der Waals surface area contributed by atoms with E-state index < -0.39 is 0 Å². The summed E-state index contributed by atoms with van der Waals surface area (Å²) in [6, 6.07) is 8.96. The first-order valence-corrected chi connectivity index (χ1v) is 7.74. The van der Waals surface area contributed by atoms with Crippen LogP contribution in [0.3, 0.4) is 0 Å². The van der Waals surface area contributed by atoms with E-state index in [2.05, 4.69) is 37.4 Å². The molecular weight excluding hydrogens is 234 g/mol. The minimum absolute atomic E-state index is 0.561. The van der Waals surface area contributed by atoms with Crippen LogP contribution >= 0.6 is 0 Å². The van der Waals surface area contributed by atoms with Gasteiger partial charge in [-0.25, -0.2) is 0 Å². The quantitative estimate of drug-likeness (QED) is 0.764. The van der Waals surface area contributed by atoms with E-state index in [0.717, 1.165) is 18.0 Å². The molecule has 2 nitrogen and oxygen atoms in total. The second-order valence-corrected chi connectivity index (χ2v) is 6.03. The Bertz CT molecular complexity index is 367. The number of hydrogen-bond donors (Lipinski definition) is 1. The molecule has 1 N–H and O–H groups in total.